The van der Waals surface area contributed by atoms with E-state index in [0.717, 1.165) is 0 Å². The lowest BCUT2D eigenvalue weighted by Crippen LogP contribution is -2.43. The first-order chi connectivity index (χ1) is 9.76. The molecule has 0 aliphatic carbocycles. The fraction of sp³-hybridized carbons (Fsp3) is 0.429. The quantitative estimate of drug-likeness (QED) is 0.466. The Kier molecular flexibility index (Phi) is 5.40. The third-order valence-corrected chi connectivity index (χ3v) is 3.13. The third-order valence-electron chi connectivity index (χ3n) is 3.13. The highest BCUT2D eigenvalue weighted by molar-refractivity contribution is 5.88. The second kappa shape index (κ2) is 6.83. The van der Waals surface area contributed by atoms with Crippen LogP contribution >= 0.6 is 0 Å². The van der Waals surface area contributed by atoms with Crippen molar-refractivity contribution in [3.63, 3.8) is 0 Å². The molecule has 2 amide bonds. The number of hydrogen-bond donors (Lipinski definition) is 2. The number of nitro benzene ring substituents is 1. The van der Waals surface area contributed by atoms with Crippen LogP contribution in [0.5, 0.6) is 0 Å². The monoisotopic (exact) mass is 293 g/mol. The van der Waals surface area contributed by atoms with Crippen LogP contribution in [0.3, 0.4) is 0 Å². The van der Waals surface area contributed by atoms with Crippen molar-refractivity contribution in [1.29, 1.82) is 0 Å². The van der Waals surface area contributed by atoms with Gasteiger partial charge in [-0.3, -0.25) is 19.7 Å². The van der Waals surface area contributed by atoms with Crippen molar-refractivity contribution in [2.24, 2.45) is 0 Å². The van der Waals surface area contributed by atoms with E-state index in [1.54, 1.807) is 32.0 Å². The van der Waals surface area contributed by atoms with Gasteiger partial charge in [0.1, 0.15) is 0 Å². The number of nitrogens with one attached hydrogen (secondary N) is 2. The maximum Gasteiger partial charge on any atom is 0.273 e. The molecular formula is C14H19N3O4. The van der Waals surface area contributed by atoms with Gasteiger partial charge in [-0.25, -0.2) is 0 Å². The standard InChI is InChI=1S/C14H19N3O4/c1-10(18)15-8-9-16-13(19)14(2,3)11-6-4-5-7-12(11)17(20)21/h4-7H,8-9H2,1-3H3,(H,15,18)(H,16,19). The maximum atomic E-state index is 12.2. The topological polar surface area (TPSA) is 101 Å². The zero-order valence-electron chi connectivity index (χ0n) is 12.3. The molecule has 0 bridgehead atoms. The first kappa shape index (κ1) is 16.6. The van der Waals surface area contributed by atoms with E-state index in [1.807, 2.05) is 0 Å². The Morgan fingerprint density at radius 3 is 2.33 bits per heavy atom. The maximum absolute atomic E-state index is 12.2. The summed E-state index contributed by atoms with van der Waals surface area (Å²) < 4.78 is 0. The summed E-state index contributed by atoms with van der Waals surface area (Å²) in [6.07, 6.45) is 0. The van der Waals surface area contributed by atoms with Crippen LogP contribution in [0.2, 0.25) is 0 Å². The Bertz CT molecular complexity index is 555. The zero-order valence-corrected chi connectivity index (χ0v) is 12.3. The van der Waals surface area contributed by atoms with Crippen LogP contribution < -0.4 is 10.6 Å². The molecule has 7 nitrogen and oxygen atoms in total. The number of amides is 2. The third kappa shape index (κ3) is 4.27. The van der Waals surface area contributed by atoms with Crippen molar-refractivity contribution >= 4 is 17.5 Å². The minimum atomic E-state index is -1.04. The summed E-state index contributed by atoms with van der Waals surface area (Å²) in [6.45, 7) is 5.22. The fourth-order valence-electron chi connectivity index (χ4n) is 1.92. The first-order valence-corrected chi connectivity index (χ1v) is 6.53. The van der Waals surface area contributed by atoms with Gasteiger partial charge in [0.05, 0.1) is 10.3 Å². The summed E-state index contributed by atoms with van der Waals surface area (Å²) in [7, 11) is 0. The molecule has 1 aromatic carbocycles. The molecule has 0 atom stereocenters. The van der Waals surface area contributed by atoms with Crippen molar-refractivity contribution in [3.8, 4) is 0 Å². The lowest BCUT2D eigenvalue weighted by Gasteiger charge is -2.23. The molecule has 0 heterocycles. The second-order valence-corrected chi connectivity index (χ2v) is 5.14. The second-order valence-electron chi connectivity index (χ2n) is 5.14. The molecule has 0 radical (unpaired) electrons. The minimum absolute atomic E-state index is 0.0838. The molecule has 0 aliphatic heterocycles. The van der Waals surface area contributed by atoms with E-state index in [9.17, 15) is 19.7 Å². The van der Waals surface area contributed by atoms with Crippen molar-refractivity contribution < 1.29 is 14.5 Å². The Morgan fingerprint density at radius 1 is 1.19 bits per heavy atom. The van der Waals surface area contributed by atoms with Crippen molar-refractivity contribution in [1.82, 2.24) is 10.6 Å². The van der Waals surface area contributed by atoms with Crippen LogP contribution in [0, 0.1) is 10.1 Å². The van der Waals surface area contributed by atoms with E-state index >= 15 is 0 Å². The van der Waals surface area contributed by atoms with E-state index < -0.39 is 10.3 Å². The highest BCUT2D eigenvalue weighted by atomic mass is 16.6. The number of rotatable bonds is 6. The molecule has 1 aromatic rings. The van der Waals surface area contributed by atoms with E-state index in [0.29, 0.717) is 12.1 Å². The van der Waals surface area contributed by atoms with Crippen LogP contribution in [-0.4, -0.2) is 29.8 Å². The number of benzene rings is 1. The fourth-order valence-corrected chi connectivity index (χ4v) is 1.92. The van der Waals surface area contributed by atoms with E-state index in [4.69, 9.17) is 0 Å². The Morgan fingerprint density at radius 2 is 1.76 bits per heavy atom. The van der Waals surface area contributed by atoms with Crippen LogP contribution in [0.1, 0.15) is 26.3 Å². The Labute approximate surface area is 122 Å². The van der Waals surface area contributed by atoms with Gasteiger partial charge in [-0.15, -0.1) is 0 Å². The highest BCUT2D eigenvalue weighted by Gasteiger charge is 2.35. The molecule has 7 heteroatoms. The number of nitro groups is 1. The summed E-state index contributed by atoms with van der Waals surface area (Å²) in [5, 5.41) is 16.3. The molecule has 0 saturated carbocycles. The van der Waals surface area contributed by atoms with E-state index in [2.05, 4.69) is 10.6 Å². The molecule has 114 valence electrons. The SMILES string of the molecule is CC(=O)NCCNC(=O)C(C)(C)c1ccccc1[N+](=O)[O-]. The predicted molar refractivity (Wildman–Crippen MR) is 77.8 cm³/mol. The number of hydrogen-bond acceptors (Lipinski definition) is 4. The normalized spacial score (nSPS) is 10.8. The molecule has 1 rings (SSSR count). The molecule has 21 heavy (non-hydrogen) atoms. The van der Waals surface area contributed by atoms with Gasteiger partial charge in [-0.1, -0.05) is 18.2 Å². The van der Waals surface area contributed by atoms with E-state index in [-0.39, 0.29) is 24.0 Å². The average Bonchev–Trinajstić information content (AvgIpc) is 2.43. The van der Waals surface area contributed by atoms with Gasteiger partial charge >= 0.3 is 0 Å². The molecule has 0 spiro atoms. The molecule has 0 aliphatic rings. The van der Waals surface area contributed by atoms with Gasteiger partial charge in [-0.05, 0) is 13.8 Å². The molecule has 0 fully saturated rings. The predicted octanol–water partition coefficient (Wildman–Crippen LogP) is 1.12. The molecule has 0 saturated heterocycles. The summed E-state index contributed by atoms with van der Waals surface area (Å²) in [4.78, 5) is 33.5. The van der Waals surface area contributed by atoms with Crippen molar-refractivity contribution in [3.05, 3.63) is 39.9 Å². The van der Waals surface area contributed by atoms with Gasteiger partial charge in [0.2, 0.25) is 11.8 Å². The molecule has 2 N–H and O–H groups in total. The lowest BCUT2D eigenvalue weighted by atomic mass is 9.82. The molecule has 0 aromatic heterocycles. The first-order valence-electron chi connectivity index (χ1n) is 6.53. The molecule has 0 unspecified atom stereocenters. The summed E-state index contributed by atoms with van der Waals surface area (Å²) >= 11 is 0. The summed E-state index contributed by atoms with van der Waals surface area (Å²) in [6, 6.07) is 6.17. The Balaban J connectivity index is 2.82. The molecular weight excluding hydrogens is 274 g/mol. The summed E-state index contributed by atoms with van der Waals surface area (Å²) in [5.74, 6) is -0.510. The van der Waals surface area contributed by atoms with Gasteiger partial charge in [0, 0.05) is 31.6 Å². The van der Waals surface area contributed by atoms with Gasteiger partial charge in [-0.2, -0.15) is 0 Å². The van der Waals surface area contributed by atoms with Crippen molar-refractivity contribution in [2.45, 2.75) is 26.2 Å². The summed E-state index contributed by atoms with van der Waals surface area (Å²) in [5.41, 5.74) is -0.772. The number of carbonyl (C=O) groups is 2. The highest BCUT2D eigenvalue weighted by Crippen LogP contribution is 2.31. The van der Waals surface area contributed by atoms with Crippen LogP contribution in [0.15, 0.2) is 24.3 Å². The number of para-hydroxylation sites is 1. The lowest BCUT2D eigenvalue weighted by molar-refractivity contribution is -0.385. The van der Waals surface area contributed by atoms with Crippen LogP contribution in [-0.2, 0) is 15.0 Å². The zero-order chi connectivity index (χ0) is 16.0. The Hall–Kier alpha value is -2.44. The van der Waals surface area contributed by atoms with Crippen LogP contribution in [0.25, 0.3) is 0 Å². The van der Waals surface area contributed by atoms with Gasteiger partial charge in [0.15, 0.2) is 0 Å². The number of nitrogens with zero attached hydrogens (tertiary/aromatic N) is 1. The van der Waals surface area contributed by atoms with E-state index in [1.165, 1.54) is 13.0 Å². The number of carbonyl (C=O) groups excluding carboxylic acids is 2. The largest absolute Gasteiger partial charge is 0.355 e. The van der Waals surface area contributed by atoms with Gasteiger partial charge < -0.3 is 10.6 Å². The van der Waals surface area contributed by atoms with Crippen LogP contribution in [0.4, 0.5) is 5.69 Å². The average molecular weight is 293 g/mol. The van der Waals surface area contributed by atoms with Gasteiger partial charge in [0.25, 0.3) is 5.69 Å². The smallest absolute Gasteiger partial charge is 0.273 e. The minimum Gasteiger partial charge on any atom is -0.355 e. The van der Waals surface area contributed by atoms with Crippen molar-refractivity contribution in [2.75, 3.05) is 13.1 Å².